The average molecular weight is 283 g/mol. The Kier molecular flexibility index (Phi) is 8.92. The molecule has 0 aromatic heterocycles. The van der Waals surface area contributed by atoms with Gasteiger partial charge in [0.15, 0.2) is 0 Å². The van der Waals surface area contributed by atoms with Gasteiger partial charge in [0, 0.05) is 0 Å². The molecule has 0 aliphatic carbocycles. The van der Waals surface area contributed by atoms with Gasteiger partial charge in [-0.2, -0.15) is 0 Å². The molecule has 1 aliphatic rings. The Morgan fingerprint density at radius 1 is 1.10 bits per heavy atom. The molecule has 118 valence electrons. The number of likely N-dealkylation sites (tertiary alicyclic amines) is 1. The van der Waals surface area contributed by atoms with E-state index >= 15 is 0 Å². The van der Waals surface area contributed by atoms with Gasteiger partial charge in [-0.25, -0.2) is 0 Å². The molecule has 2 unspecified atom stereocenters. The Hall–Kier alpha value is -0.570. The smallest absolute Gasteiger partial charge is 0.320 e. The van der Waals surface area contributed by atoms with Crippen molar-refractivity contribution in [1.29, 1.82) is 0 Å². The van der Waals surface area contributed by atoms with E-state index in [0.717, 1.165) is 32.4 Å². The number of hydrogen-bond acceptors (Lipinski definition) is 2. The van der Waals surface area contributed by atoms with E-state index < -0.39 is 5.97 Å². The molecule has 0 saturated carbocycles. The standard InChI is InChI=1S/C17H33NO2/c1-3-4-5-6-7-8-9-10-12-18-13-11-15(2)14-16(18)17(19)20/h15-16H,3-14H2,1-2H3,(H,19,20). The van der Waals surface area contributed by atoms with Crippen LogP contribution in [0.3, 0.4) is 0 Å². The van der Waals surface area contributed by atoms with Gasteiger partial charge in [-0.05, 0) is 38.3 Å². The van der Waals surface area contributed by atoms with Gasteiger partial charge in [0.25, 0.3) is 0 Å². The number of unbranched alkanes of at least 4 members (excludes halogenated alkanes) is 7. The van der Waals surface area contributed by atoms with Crippen molar-refractivity contribution in [3.63, 3.8) is 0 Å². The Bertz CT molecular complexity index is 268. The van der Waals surface area contributed by atoms with Crippen molar-refractivity contribution in [3.05, 3.63) is 0 Å². The minimum Gasteiger partial charge on any atom is -0.480 e. The number of nitrogens with zero attached hydrogens (tertiary/aromatic N) is 1. The largest absolute Gasteiger partial charge is 0.480 e. The summed E-state index contributed by atoms with van der Waals surface area (Å²) in [5.74, 6) is -0.0676. The van der Waals surface area contributed by atoms with Crippen LogP contribution in [0.5, 0.6) is 0 Å². The van der Waals surface area contributed by atoms with Crippen molar-refractivity contribution in [1.82, 2.24) is 4.90 Å². The quantitative estimate of drug-likeness (QED) is 0.607. The maximum atomic E-state index is 11.3. The molecule has 0 aromatic rings. The fourth-order valence-electron chi connectivity index (χ4n) is 3.16. The maximum Gasteiger partial charge on any atom is 0.320 e. The summed E-state index contributed by atoms with van der Waals surface area (Å²) in [6, 6.07) is -0.233. The predicted molar refractivity (Wildman–Crippen MR) is 84.0 cm³/mol. The number of rotatable bonds is 10. The zero-order chi connectivity index (χ0) is 14.8. The van der Waals surface area contributed by atoms with Gasteiger partial charge in [0.05, 0.1) is 0 Å². The number of carboxylic acids is 1. The van der Waals surface area contributed by atoms with E-state index in [9.17, 15) is 9.90 Å². The highest BCUT2D eigenvalue weighted by molar-refractivity contribution is 5.73. The van der Waals surface area contributed by atoms with Crippen LogP contribution in [-0.4, -0.2) is 35.1 Å². The third-order valence-electron chi connectivity index (χ3n) is 4.56. The summed E-state index contributed by atoms with van der Waals surface area (Å²) in [5, 5.41) is 9.31. The number of carboxylic acid groups (broad SMARTS) is 1. The Morgan fingerprint density at radius 2 is 1.70 bits per heavy atom. The van der Waals surface area contributed by atoms with Crippen LogP contribution in [0.15, 0.2) is 0 Å². The van der Waals surface area contributed by atoms with E-state index in [1.165, 1.54) is 44.9 Å². The summed E-state index contributed by atoms with van der Waals surface area (Å²) in [5.41, 5.74) is 0. The predicted octanol–water partition coefficient (Wildman–Crippen LogP) is 4.31. The fourth-order valence-corrected chi connectivity index (χ4v) is 3.16. The zero-order valence-electron chi connectivity index (χ0n) is 13.4. The molecule has 20 heavy (non-hydrogen) atoms. The first-order valence-corrected chi connectivity index (χ1v) is 8.62. The highest BCUT2D eigenvalue weighted by atomic mass is 16.4. The number of hydrogen-bond donors (Lipinski definition) is 1. The molecule has 1 aliphatic heterocycles. The first kappa shape index (κ1) is 17.5. The molecule has 1 rings (SSSR count). The maximum absolute atomic E-state index is 11.3. The molecule has 0 spiro atoms. The second kappa shape index (κ2) is 10.2. The number of carbonyl (C=O) groups is 1. The Morgan fingerprint density at radius 3 is 2.30 bits per heavy atom. The lowest BCUT2D eigenvalue weighted by molar-refractivity contribution is -0.145. The lowest BCUT2D eigenvalue weighted by atomic mass is 9.92. The summed E-state index contributed by atoms with van der Waals surface area (Å²) >= 11 is 0. The summed E-state index contributed by atoms with van der Waals surface area (Å²) in [7, 11) is 0. The van der Waals surface area contributed by atoms with E-state index in [-0.39, 0.29) is 6.04 Å². The summed E-state index contributed by atoms with van der Waals surface area (Å²) in [6.07, 6.45) is 12.5. The molecule has 1 saturated heterocycles. The van der Waals surface area contributed by atoms with Crippen LogP contribution >= 0.6 is 0 Å². The summed E-state index contributed by atoms with van der Waals surface area (Å²) < 4.78 is 0. The van der Waals surface area contributed by atoms with Crippen LogP contribution < -0.4 is 0 Å². The van der Waals surface area contributed by atoms with Gasteiger partial charge in [-0.1, -0.05) is 58.8 Å². The third-order valence-corrected chi connectivity index (χ3v) is 4.56. The van der Waals surface area contributed by atoms with Gasteiger partial charge in [0.1, 0.15) is 6.04 Å². The minimum absolute atomic E-state index is 0.233. The van der Waals surface area contributed by atoms with E-state index in [4.69, 9.17) is 0 Å². The number of piperidine rings is 1. The van der Waals surface area contributed by atoms with Crippen LogP contribution in [0.4, 0.5) is 0 Å². The van der Waals surface area contributed by atoms with Crippen molar-refractivity contribution in [2.45, 2.75) is 84.1 Å². The lowest BCUT2D eigenvalue weighted by Crippen LogP contribution is -2.47. The van der Waals surface area contributed by atoms with Gasteiger partial charge in [-0.15, -0.1) is 0 Å². The SMILES string of the molecule is CCCCCCCCCCN1CCC(C)CC1C(=O)O. The lowest BCUT2D eigenvalue weighted by Gasteiger charge is -2.35. The zero-order valence-corrected chi connectivity index (χ0v) is 13.4. The second-order valence-corrected chi connectivity index (χ2v) is 6.49. The Balaban J connectivity index is 2.09. The van der Waals surface area contributed by atoms with Crippen LogP contribution in [0.2, 0.25) is 0 Å². The fraction of sp³-hybridized carbons (Fsp3) is 0.941. The first-order valence-electron chi connectivity index (χ1n) is 8.62. The van der Waals surface area contributed by atoms with Crippen molar-refractivity contribution >= 4 is 5.97 Å². The molecule has 2 atom stereocenters. The first-order chi connectivity index (χ1) is 9.65. The molecule has 3 heteroatoms. The van der Waals surface area contributed by atoms with Crippen molar-refractivity contribution in [2.75, 3.05) is 13.1 Å². The molecule has 1 fully saturated rings. The van der Waals surface area contributed by atoms with Crippen LogP contribution in [0, 0.1) is 5.92 Å². The third kappa shape index (κ3) is 6.74. The van der Waals surface area contributed by atoms with E-state index in [2.05, 4.69) is 18.7 Å². The van der Waals surface area contributed by atoms with E-state index in [1.807, 2.05) is 0 Å². The molecule has 0 amide bonds. The van der Waals surface area contributed by atoms with Crippen LogP contribution in [0.1, 0.15) is 78.1 Å². The Labute approximate surface area is 124 Å². The summed E-state index contributed by atoms with van der Waals surface area (Å²) in [6.45, 7) is 6.36. The van der Waals surface area contributed by atoms with Crippen molar-refractivity contribution < 1.29 is 9.90 Å². The van der Waals surface area contributed by atoms with Crippen molar-refractivity contribution in [3.8, 4) is 0 Å². The highest BCUT2D eigenvalue weighted by Gasteiger charge is 2.30. The van der Waals surface area contributed by atoms with Crippen molar-refractivity contribution in [2.24, 2.45) is 5.92 Å². The molecular weight excluding hydrogens is 250 g/mol. The second-order valence-electron chi connectivity index (χ2n) is 6.49. The highest BCUT2D eigenvalue weighted by Crippen LogP contribution is 2.23. The van der Waals surface area contributed by atoms with Crippen LogP contribution in [0.25, 0.3) is 0 Å². The van der Waals surface area contributed by atoms with Gasteiger partial charge in [-0.3, -0.25) is 9.69 Å². The molecule has 1 heterocycles. The molecule has 0 bridgehead atoms. The molecule has 0 aromatic carbocycles. The van der Waals surface area contributed by atoms with Gasteiger partial charge >= 0.3 is 5.97 Å². The molecule has 1 N–H and O–H groups in total. The van der Waals surface area contributed by atoms with E-state index in [1.54, 1.807) is 0 Å². The molecular formula is C17H33NO2. The average Bonchev–Trinajstić information content (AvgIpc) is 2.43. The van der Waals surface area contributed by atoms with Crippen LogP contribution in [-0.2, 0) is 4.79 Å². The van der Waals surface area contributed by atoms with Gasteiger partial charge in [0.2, 0.25) is 0 Å². The summed E-state index contributed by atoms with van der Waals surface area (Å²) in [4.78, 5) is 13.5. The number of aliphatic carboxylic acids is 1. The molecule has 0 radical (unpaired) electrons. The molecule has 3 nitrogen and oxygen atoms in total. The normalized spacial score (nSPS) is 23.9. The van der Waals surface area contributed by atoms with E-state index in [0.29, 0.717) is 5.92 Å². The monoisotopic (exact) mass is 283 g/mol. The minimum atomic E-state index is -0.629. The topological polar surface area (TPSA) is 40.5 Å². The van der Waals surface area contributed by atoms with Gasteiger partial charge < -0.3 is 5.11 Å².